The molecule has 0 aromatic heterocycles. The zero-order chi connectivity index (χ0) is 17.5. The van der Waals surface area contributed by atoms with E-state index < -0.39 is 11.7 Å². The van der Waals surface area contributed by atoms with Gasteiger partial charge in [-0.3, -0.25) is 10.3 Å². The fourth-order valence-corrected chi connectivity index (χ4v) is 1.93. The van der Waals surface area contributed by atoms with Crippen molar-refractivity contribution >= 4 is 17.7 Å². The maximum absolute atomic E-state index is 11.7. The first kappa shape index (κ1) is 18.8. The lowest BCUT2D eigenvalue weighted by molar-refractivity contribution is 0.0636. The number of nitrogens with zero attached hydrogens (tertiary/aromatic N) is 2. The number of nitrogens with one attached hydrogen (secondary N) is 2. The highest BCUT2D eigenvalue weighted by atomic mass is 16.6. The second-order valence-electron chi connectivity index (χ2n) is 6.44. The summed E-state index contributed by atoms with van der Waals surface area (Å²) in [5, 5.41) is 6.00. The molecule has 0 heterocycles. The molecular weight excluding hydrogens is 292 g/mol. The van der Waals surface area contributed by atoms with Crippen molar-refractivity contribution in [2.45, 2.75) is 32.8 Å². The van der Waals surface area contributed by atoms with Crippen molar-refractivity contribution in [3.8, 4) is 0 Å². The Bertz CT molecular complexity index is 531. The predicted molar refractivity (Wildman–Crippen MR) is 95.1 cm³/mol. The summed E-state index contributed by atoms with van der Waals surface area (Å²) in [5.74, 6) is 0.855. The molecule has 0 unspecified atom stereocenters. The van der Waals surface area contributed by atoms with Gasteiger partial charge in [0.25, 0.3) is 0 Å². The van der Waals surface area contributed by atoms with Crippen LogP contribution in [0.25, 0.3) is 0 Å². The third kappa shape index (κ3) is 7.54. The van der Waals surface area contributed by atoms with Crippen molar-refractivity contribution in [3.05, 3.63) is 29.8 Å². The monoisotopic (exact) mass is 320 g/mol. The maximum atomic E-state index is 11.7. The largest absolute Gasteiger partial charge is 0.444 e. The van der Waals surface area contributed by atoms with E-state index in [0.29, 0.717) is 0 Å². The molecule has 128 valence electrons. The topological polar surface area (TPSA) is 66.0 Å². The van der Waals surface area contributed by atoms with Crippen molar-refractivity contribution in [1.82, 2.24) is 10.2 Å². The molecule has 2 N–H and O–H groups in total. The van der Waals surface area contributed by atoms with Gasteiger partial charge in [-0.15, -0.1) is 0 Å². The smallest absolute Gasteiger partial charge is 0.412 e. The minimum absolute atomic E-state index is 0.443. The molecule has 6 nitrogen and oxygen atoms in total. The van der Waals surface area contributed by atoms with Crippen LogP contribution in [0.3, 0.4) is 0 Å². The van der Waals surface area contributed by atoms with E-state index in [-0.39, 0.29) is 0 Å². The highest BCUT2D eigenvalue weighted by Gasteiger charge is 2.16. The van der Waals surface area contributed by atoms with E-state index in [4.69, 9.17) is 4.74 Å². The molecule has 0 fully saturated rings. The second-order valence-corrected chi connectivity index (χ2v) is 6.44. The highest BCUT2D eigenvalue weighted by molar-refractivity contribution is 5.84. The minimum atomic E-state index is -0.499. The summed E-state index contributed by atoms with van der Waals surface area (Å²) in [5.41, 5.74) is 1.40. The van der Waals surface area contributed by atoms with Gasteiger partial charge >= 0.3 is 6.09 Å². The number of hydrogen-bond acceptors (Lipinski definition) is 3. The molecule has 1 rings (SSSR count). The van der Waals surface area contributed by atoms with Crippen LogP contribution in [-0.4, -0.2) is 50.2 Å². The summed E-state index contributed by atoms with van der Waals surface area (Å²) in [6, 6.07) is 7.74. The average Bonchev–Trinajstić information content (AvgIpc) is 2.42. The fraction of sp³-hybridized carbons (Fsp3) is 0.529. The number of benzene rings is 1. The van der Waals surface area contributed by atoms with E-state index in [1.54, 1.807) is 7.05 Å². The Morgan fingerprint density at radius 1 is 1.22 bits per heavy atom. The van der Waals surface area contributed by atoms with Gasteiger partial charge in [0, 0.05) is 33.4 Å². The summed E-state index contributed by atoms with van der Waals surface area (Å²) >= 11 is 0. The lowest BCUT2D eigenvalue weighted by Gasteiger charge is -2.19. The second kappa shape index (κ2) is 8.41. The van der Waals surface area contributed by atoms with Gasteiger partial charge in [-0.2, -0.15) is 0 Å². The molecule has 0 saturated heterocycles. The number of anilines is 1. The molecule has 23 heavy (non-hydrogen) atoms. The zero-order valence-corrected chi connectivity index (χ0v) is 14.9. The average molecular weight is 320 g/mol. The number of aliphatic imine (C=N–C) groups is 1. The van der Waals surface area contributed by atoms with Crippen molar-refractivity contribution in [2.75, 3.05) is 33.0 Å². The van der Waals surface area contributed by atoms with Crippen molar-refractivity contribution in [1.29, 1.82) is 0 Å². The fourth-order valence-electron chi connectivity index (χ4n) is 1.93. The van der Waals surface area contributed by atoms with Crippen molar-refractivity contribution in [2.24, 2.45) is 4.99 Å². The van der Waals surface area contributed by atoms with E-state index in [0.717, 1.165) is 24.6 Å². The quantitative estimate of drug-likeness (QED) is 0.661. The Hall–Kier alpha value is -2.24. The first-order valence-corrected chi connectivity index (χ1v) is 7.68. The van der Waals surface area contributed by atoms with Crippen LogP contribution < -0.4 is 10.6 Å². The lowest BCUT2D eigenvalue weighted by atomic mass is 10.1. The molecule has 0 radical (unpaired) electrons. The van der Waals surface area contributed by atoms with Gasteiger partial charge in [0.2, 0.25) is 0 Å². The number of carbonyl (C=O) groups is 1. The molecule has 0 aliphatic heterocycles. The number of rotatable bonds is 4. The van der Waals surface area contributed by atoms with E-state index in [2.05, 4.69) is 15.6 Å². The Morgan fingerprint density at radius 2 is 1.83 bits per heavy atom. The molecule has 0 saturated carbocycles. The van der Waals surface area contributed by atoms with Gasteiger partial charge in [-0.05, 0) is 44.9 Å². The summed E-state index contributed by atoms with van der Waals surface area (Å²) in [6.45, 7) is 6.31. The van der Waals surface area contributed by atoms with Crippen LogP contribution in [0.1, 0.15) is 26.3 Å². The van der Waals surface area contributed by atoms with Crippen molar-refractivity contribution in [3.63, 3.8) is 0 Å². The molecule has 0 bridgehead atoms. The van der Waals surface area contributed by atoms with Crippen LogP contribution >= 0.6 is 0 Å². The third-order valence-corrected chi connectivity index (χ3v) is 2.93. The Kier molecular flexibility index (Phi) is 6.88. The van der Waals surface area contributed by atoms with Crippen LogP contribution in [0.4, 0.5) is 10.5 Å². The number of amides is 1. The van der Waals surface area contributed by atoms with Gasteiger partial charge in [0.15, 0.2) is 5.96 Å². The van der Waals surface area contributed by atoms with Gasteiger partial charge in [-0.25, -0.2) is 4.79 Å². The third-order valence-electron chi connectivity index (χ3n) is 2.93. The van der Waals surface area contributed by atoms with Gasteiger partial charge in [-0.1, -0.05) is 12.1 Å². The highest BCUT2D eigenvalue weighted by Crippen LogP contribution is 2.13. The number of ether oxygens (including phenoxy) is 1. The van der Waals surface area contributed by atoms with Crippen LogP contribution in [0.5, 0.6) is 0 Å². The molecule has 1 aromatic carbocycles. The van der Waals surface area contributed by atoms with Crippen LogP contribution in [0.2, 0.25) is 0 Å². The number of hydrogen-bond donors (Lipinski definition) is 2. The van der Waals surface area contributed by atoms with Gasteiger partial charge in [0.05, 0.1) is 0 Å². The van der Waals surface area contributed by atoms with Gasteiger partial charge < -0.3 is 15.0 Å². The Labute approximate surface area is 138 Å². The number of guanidine groups is 1. The molecule has 1 aromatic rings. The molecule has 0 atom stereocenters. The molecular formula is C17H28N4O2. The molecule has 0 aliphatic carbocycles. The van der Waals surface area contributed by atoms with E-state index >= 15 is 0 Å². The zero-order valence-electron chi connectivity index (χ0n) is 14.9. The van der Waals surface area contributed by atoms with Crippen LogP contribution in [0.15, 0.2) is 29.3 Å². The summed E-state index contributed by atoms with van der Waals surface area (Å²) in [4.78, 5) is 17.8. The molecule has 0 aliphatic rings. The predicted octanol–water partition coefficient (Wildman–Crippen LogP) is 2.71. The number of carbonyl (C=O) groups excluding carboxylic acids is 1. The molecule has 0 spiro atoms. The van der Waals surface area contributed by atoms with Crippen molar-refractivity contribution < 1.29 is 9.53 Å². The lowest BCUT2D eigenvalue weighted by Crippen LogP contribution is -2.37. The first-order chi connectivity index (χ1) is 10.7. The van der Waals surface area contributed by atoms with E-state index in [9.17, 15) is 4.79 Å². The minimum Gasteiger partial charge on any atom is -0.444 e. The van der Waals surface area contributed by atoms with Crippen LogP contribution in [0, 0.1) is 0 Å². The maximum Gasteiger partial charge on any atom is 0.412 e. The Morgan fingerprint density at radius 3 is 2.30 bits per heavy atom. The molecule has 1 amide bonds. The van der Waals surface area contributed by atoms with E-state index in [1.165, 1.54) is 5.56 Å². The Balaban J connectivity index is 2.46. The van der Waals surface area contributed by atoms with Crippen LogP contribution in [-0.2, 0) is 11.2 Å². The summed E-state index contributed by atoms with van der Waals surface area (Å²) in [6.07, 6.45) is 0.432. The molecule has 6 heteroatoms. The first-order valence-electron chi connectivity index (χ1n) is 7.68. The summed E-state index contributed by atoms with van der Waals surface area (Å²) < 4.78 is 5.22. The standard InChI is InChI=1S/C17H28N4O2/c1-17(2,3)23-16(22)20-14-9-7-13(8-10-14)11-12-19-15(18-4)21(5)6/h7-10H,11-12H2,1-6H3,(H,18,19)(H,20,22). The van der Waals surface area contributed by atoms with E-state index in [1.807, 2.05) is 64.0 Å². The van der Waals surface area contributed by atoms with Gasteiger partial charge in [0.1, 0.15) is 5.60 Å². The summed E-state index contributed by atoms with van der Waals surface area (Å²) in [7, 11) is 5.67. The SMILES string of the molecule is CN=C(NCCc1ccc(NC(=O)OC(C)(C)C)cc1)N(C)C. The normalized spacial score (nSPS) is 11.8.